The molecule has 0 saturated heterocycles. The second-order valence-corrected chi connectivity index (χ2v) is 6.07. The van der Waals surface area contributed by atoms with Crippen molar-refractivity contribution in [3.05, 3.63) is 34.4 Å². The third-order valence-electron chi connectivity index (χ3n) is 3.25. The molecule has 1 aromatic rings. The third-order valence-corrected chi connectivity index (χ3v) is 3.25. The Morgan fingerprint density at radius 3 is 2.16 bits per heavy atom. The Balaban J connectivity index is 3.00. The van der Waals surface area contributed by atoms with Gasteiger partial charge in [-0.15, -0.1) is 0 Å². The van der Waals surface area contributed by atoms with Gasteiger partial charge in [-0.05, 0) is 42.4 Å². The number of hydrogen-bond acceptors (Lipinski definition) is 2. The van der Waals surface area contributed by atoms with Crippen molar-refractivity contribution < 1.29 is 9.90 Å². The van der Waals surface area contributed by atoms with Crippen LogP contribution in [0.15, 0.2) is 12.1 Å². The first-order valence-electron chi connectivity index (χ1n) is 6.78. The minimum Gasteiger partial charge on any atom is -0.396 e. The fraction of sp³-hybridized carbons (Fsp3) is 0.562. The molecule has 0 bridgehead atoms. The van der Waals surface area contributed by atoms with Crippen LogP contribution in [-0.2, 0) is 5.41 Å². The average Bonchev–Trinajstić information content (AvgIpc) is 2.27. The molecule has 0 saturated carbocycles. The fourth-order valence-electron chi connectivity index (χ4n) is 2.12. The highest BCUT2D eigenvalue weighted by atomic mass is 16.3. The monoisotopic (exact) mass is 263 g/mol. The molecular formula is C16H25NO2. The van der Waals surface area contributed by atoms with Crippen LogP contribution in [0.2, 0.25) is 0 Å². The van der Waals surface area contributed by atoms with Crippen LogP contribution in [0.1, 0.15) is 54.2 Å². The molecule has 0 aromatic heterocycles. The topological polar surface area (TPSA) is 49.3 Å². The van der Waals surface area contributed by atoms with Crippen LogP contribution < -0.4 is 5.32 Å². The van der Waals surface area contributed by atoms with Crippen molar-refractivity contribution in [3.8, 4) is 0 Å². The highest BCUT2D eigenvalue weighted by Crippen LogP contribution is 2.26. The van der Waals surface area contributed by atoms with Gasteiger partial charge in [0.15, 0.2) is 0 Å². The van der Waals surface area contributed by atoms with Crippen molar-refractivity contribution in [3.63, 3.8) is 0 Å². The smallest absolute Gasteiger partial charge is 0.251 e. The van der Waals surface area contributed by atoms with Gasteiger partial charge in [0.25, 0.3) is 5.91 Å². The van der Waals surface area contributed by atoms with E-state index in [4.69, 9.17) is 5.11 Å². The molecule has 1 amide bonds. The summed E-state index contributed by atoms with van der Waals surface area (Å²) in [6.45, 7) is 11.1. The molecule has 1 aromatic carbocycles. The van der Waals surface area contributed by atoms with E-state index in [0.717, 1.165) is 16.7 Å². The molecule has 106 valence electrons. The first kappa shape index (κ1) is 15.7. The maximum atomic E-state index is 12.1. The lowest BCUT2D eigenvalue weighted by atomic mass is 9.83. The standard InChI is InChI=1S/C16H25NO2/c1-11-9-13(16(3,4)5)10-12(2)14(11)15(19)17-7-6-8-18/h9-10,18H,6-8H2,1-5H3,(H,17,19). The van der Waals surface area contributed by atoms with E-state index in [-0.39, 0.29) is 17.9 Å². The van der Waals surface area contributed by atoms with Crippen LogP contribution in [0.4, 0.5) is 0 Å². The van der Waals surface area contributed by atoms with Crippen molar-refractivity contribution in [2.75, 3.05) is 13.2 Å². The highest BCUT2D eigenvalue weighted by molar-refractivity contribution is 5.97. The number of aliphatic hydroxyl groups excluding tert-OH is 1. The molecule has 0 aliphatic rings. The zero-order valence-corrected chi connectivity index (χ0v) is 12.6. The molecular weight excluding hydrogens is 238 g/mol. The maximum absolute atomic E-state index is 12.1. The van der Waals surface area contributed by atoms with Crippen LogP contribution in [0.3, 0.4) is 0 Å². The van der Waals surface area contributed by atoms with Gasteiger partial charge in [0.1, 0.15) is 0 Å². The SMILES string of the molecule is Cc1cc(C(C)(C)C)cc(C)c1C(=O)NCCCO. The third kappa shape index (κ3) is 4.06. The second-order valence-electron chi connectivity index (χ2n) is 6.07. The zero-order chi connectivity index (χ0) is 14.6. The molecule has 3 heteroatoms. The van der Waals surface area contributed by atoms with Gasteiger partial charge in [0.2, 0.25) is 0 Å². The number of aliphatic hydroxyl groups is 1. The summed E-state index contributed by atoms with van der Waals surface area (Å²) in [5, 5.41) is 11.6. The van der Waals surface area contributed by atoms with Crippen LogP contribution >= 0.6 is 0 Å². The van der Waals surface area contributed by atoms with Crippen LogP contribution in [0.25, 0.3) is 0 Å². The quantitative estimate of drug-likeness (QED) is 0.821. The summed E-state index contributed by atoms with van der Waals surface area (Å²) < 4.78 is 0. The van der Waals surface area contributed by atoms with Gasteiger partial charge in [0, 0.05) is 18.7 Å². The van der Waals surface area contributed by atoms with Crippen LogP contribution in [0, 0.1) is 13.8 Å². The van der Waals surface area contributed by atoms with Gasteiger partial charge >= 0.3 is 0 Å². The summed E-state index contributed by atoms with van der Waals surface area (Å²) >= 11 is 0. The summed E-state index contributed by atoms with van der Waals surface area (Å²) in [7, 11) is 0. The Morgan fingerprint density at radius 2 is 1.74 bits per heavy atom. The Hall–Kier alpha value is -1.35. The average molecular weight is 263 g/mol. The van der Waals surface area contributed by atoms with Gasteiger partial charge in [-0.2, -0.15) is 0 Å². The van der Waals surface area contributed by atoms with E-state index in [9.17, 15) is 4.79 Å². The molecule has 0 atom stereocenters. The van der Waals surface area contributed by atoms with E-state index >= 15 is 0 Å². The van der Waals surface area contributed by atoms with Gasteiger partial charge in [-0.1, -0.05) is 32.9 Å². The van der Waals surface area contributed by atoms with E-state index in [1.54, 1.807) is 0 Å². The van der Waals surface area contributed by atoms with Gasteiger partial charge < -0.3 is 10.4 Å². The molecule has 2 N–H and O–H groups in total. The number of aryl methyl sites for hydroxylation is 2. The number of amides is 1. The minimum absolute atomic E-state index is 0.0519. The van der Waals surface area contributed by atoms with Crippen molar-refractivity contribution in [1.29, 1.82) is 0 Å². The second kappa shape index (κ2) is 6.20. The molecule has 0 heterocycles. The molecule has 0 aliphatic heterocycles. The lowest BCUT2D eigenvalue weighted by Crippen LogP contribution is -2.27. The lowest BCUT2D eigenvalue weighted by molar-refractivity contribution is 0.0950. The first-order chi connectivity index (χ1) is 8.77. The van der Waals surface area contributed by atoms with Gasteiger partial charge in [0.05, 0.1) is 0 Å². The summed E-state index contributed by atoms with van der Waals surface area (Å²) in [6, 6.07) is 4.18. The Bertz CT molecular complexity index is 435. The van der Waals surface area contributed by atoms with Crippen LogP contribution in [-0.4, -0.2) is 24.2 Å². The van der Waals surface area contributed by atoms with Gasteiger partial charge in [-0.3, -0.25) is 4.79 Å². The predicted molar refractivity (Wildman–Crippen MR) is 78.7 cm³/mol. The highest BCUT2D eigenvalue weighted by Gasteiger charge is 2.18. The minimum atomic E-state index is -0.0519. The van der Waals surface area contributed by atoms with E-state index in [1.807, 2.05) is 13.8 Å². The Kier molecular flexibility index (Phi) is 5.12. The molecule has 0 unspecified atom stereocenters. The van der Waals surface area contributed by atoms with Crippen LogP contribution in [0.5, 0.6) is 0 Å². The molecule has 19 heavy (non-hydrogen) atoms. The summed E-state index contributed by atoms with van der Waals surface area (Å²) in [6.07, 6.45) is 0.587. The van der Waals surface area contributed by atoms with Crippen molar-refractivity contribution in [2.24, 2.45) is 0 Å². The Morgan fingerprint density at radius 1 is 1.21 bits per heavy atom. The maximum Gasteiger partial charge on any atom is 0.251 e. The number of carbonyl (C=O) groups excluding carboxylic acids is 1. The van der Waals surface area contributed by atoms with Crippen molar-refractivity contribution in [1.82, 2.24) is 5.32 Å². The number of rotatable bonds is 4. The normalized spacial score (nSPS) is 11.5. The fourth-order valence-corrected chi connectivity index (χ4v) is 2.12. The first-order valence-corrected chi connectivity index (χ1v) is 6.78. The molecule has 0 aliphatic carbocycles. The molecule has 0 spiro atoms. The number of hydrogen-bond donors (Lipinski definition) is 2. The molecule has 3 nitrogen and oxygen atoms in total. The van der Waals surface area contributed by atoms with Crippen molar-refractivity contribution in [2.45, 2.75) is 46.5 Å². The number of benzene rings is 1. The summed E-state index contributed by atoms with van der Waals surface area (Å²) in [4.78, 5) is 12.1. The van der Waals surface area contributed by atoms with E-state index in [2.05, 4.69) is 38.2 Å². The molecule has 0 fully saturated rings. The number of carbonyl (C=O) groups is 1. The van der Waals surface area contributed by atoms with E-state index in [1.165, 1.54) is 5.56 Å². The molecule has 0 radical (unpaired) electrons. The van der Waals surface area contributed by atoms with Crippen molar-refractivity contribution >= 4 is 5.91 Å². The largest absolute Gasteiger partial charge is 0.396 e. The van der Waals surface area contributed by atoms with Gasteiger partial charge in [-0.25, -0.2) is 0 Å². The van der Waals surface area contributed by atoms with E-state index < -0.39 is 0 Å². The summed E-state index contributed by atoms with van der Waals surface area (Å²) in [5.41, 5.74) is 4.10. The predicted octanol–water partition coefficient (Wildman–Crippen LogP) is 2.71. The zero-order valence-electron chi connectivity index (χ0n) is 12.6. The molecule has 1 rings (SSSR count). The summed E-state index contributed by atoms with van der Waals surface area (Å²) in [5.74, 6) is -0.0519. The number of nitrogens with one attached hydrogen (secondary N) is 1. The van der Waals surface area contributed by atoms with E-state index in [0.29, 0.717) is 13.0 Å². The lowest BCUT2D eigenvalue weighted by Gasteiger charge is -2.22. The Labute approximate surface area is 116 Å².